The molecule has 0 saturated carbocycles. The second-order valence-electron chi connectivity index (χ2n) is 5.80. The van der Waals surface area contributed by atoms with Gasteiger partial charge >= 0.3 is 6.03 Å². The molecule has 7 nitrogen and oxygen atoms in total. The van der Waals surface area contributed by atoms with Crippen LogP contribution in [0.1, 0.15) is 19.6 Å². The van der Waals surface area contributed by atoms with Gasteiger partial charge in [-0.3, -0.25) is 10.2 Å². The largest absolute Gasteiger partial charge is 0.374 e. The fourth-order valence-corrected chi connectivity index (χ4v) is 2.38. The summed E-state index contributed by atoms with van der Waals surface area (Å²) in [7, 11) is 0. The van der Waals surface area contributed by atoms with Crippen LogP contribution in [0.2, 0.25) is 0 Å². The summed E-state index contributed by atoms with van der Waals surface area (Å²) in [6, 6.07) is 1.37. The third-order valence-electron chi connectivity index (χ3n) is 3.21. The van der Waals surface area contributed by atoms with Crippen molar-refractivity contribution in [1.29, 1.82) is 0 Å². The number of rotatable bonds is 5. The zero-order chi connectivity index (χ0) is 15.2. The zero-order valence-corrected chi connectivity index (χ0v) is 12.9. The van der Waals surface area contributed by atoms with Gasteiger partial charge < -0.3 is 14.6 Å². The lowest BCUT2D eigenvalue weighted by Crippen LogP contribution is -2.48. The smallest absolute Gasteiger partial charge is 0.320 e. The van der Waals surface area contributed by atoms with Gasteiger partial charge in [0.15, 0.2) is 5.82 Å². The van der Waals surface area contributed by atoms with Crippen LogP contribution in [0.5, 0.6) is 0 Å². The molecule has 1 aromatic heterocycles. The van der Waals surface area contributed by atoms with Crippen molar-refractivity contribution in [2.45, 2.75) is 26.9 Å². The van der Waals surface area contributed by atoms with Gasteiger partial charge in [-0.2, -0.15) is 0 Å². The summed E-state index contributed by atoms with van der Waals surface area (Å²) in [5.41, 5.74) is 0. The fraction of sp³-hybridized carbons (Fsp3) is 0.714. The first-order valence-electron chi connectivity index (χ1n) is 7.35. The third-order valence-corrected chi connectivity index (χ3v) is 3.21. The molecule has 0 spiro atoms. The molecule has 7 heteroatoms. The van der Waals surface area contributed by atoms with Crippen LogP contribution in [0.3, 0.4) is 0 Å². The minimum atomic E-state index is -0.298. The van der Waals surface area contributed by atoms with Gasteiger partial charge in [-0.1, -0.05) is 19.0 Å². The Kier molecular flexibility index (Phi) is 5.58. The van der Waals surface area contributed by atoms with E-state index < -0.39 is 0 Å². The maximum Gasteiger partial charge on any atom is 0.320 e. The quantitative estimate of drug-likeness (QED) is 0.860. The predicted molar refractivity (Wildman–Crippen MR) is 79.3 cm³/mol. The first kappa shape index (κ1) is 15.8. The summed E-state index contributed by atoms with van der Waals surface area (Å²) >= 11 is 0. The number of aryl methyl sites for hydroxylation is 1. The Morgan fingerprint density at radius 2 is 2.38 bits per heavy atom. The van der Waals surface area contributed by atoms with Crippen molar-refractivity contribution >= 4 is 11.8 Å². The number of anilines is 1. The molecule has 2 amide bonds. The van der Waals surface area contributed by atoms with Crippen molar-refractivity contribution in [3.8, 4) is 0 Å². The van der Waals surface area contributed by atoms with Crippen LogP contribution in [0.25, 0.3) is 0 Å². The van der Waals surface area contributed by atoms with E-state index in [0.717, 1.165) is 19.6 Å². The van der Waals surface area contributed by atoms with Gasteiger partial charge in [0.25, 0.3) is 0 Å². The molecular weight excluding hydrogens is 272 g/mol. The van der Waals surface area contributed by atoms with Crippen LogP contribution in [0.15, 0.2) is 10.6 Å². The normalized spacial score (nSPS) is 19.7. The minimum Gasteiger partial charge on any atom is -0.374 e. The van der Waals surface area contributed by atoms with Crippen molar-refractivity contribution in [2.24, 2.45) is 5.92 Å². The molecule has 21 heavy (non-hydrogen) atoms. The van der Waals surface area contributed by atoms with Gasteiger partial charge in [0, 0.05) is 32.2 Å². The van der Waals surface area contributed by atoms with E-state index in [1.165, 1.54) is 0 Å². The highest BCUT2D eigenvalue weighted by Crippen LogP contribution is 2.08. The number of hydrogen-bond acceptors (Lipinski definition) is 5. The number of aromatic nitrogens is 1. The molecule has 0 bridgehead atoms. The summed E-state index contributed by atoms with van der Waals surface area (Å²) < 4.78 is 10.6. The average Bonchev–Trinajstić information content (AvgIpc) is 2.81. The number of nitrogens with one attached hydrogen (secondary N) is 2. The van der Waals surface area contributed by atoms with E-state index in [0.29, 0.717) is 30.6 Å². The molecule has 1 atom stereocenters. The van der Waals surface area contributed by atoms with E-state index in [2.05, 4.69) is 34.5 Å². The van der Waals surface area contributed by atoms with E-state index in [4.69, 9.17) is 9.26 Å². The summed E-state index contributed by atoms with van der Waals surface area (Å²) in [6.45, 7) is 10.2. The molecule has 1 aromatic rings. The fourth-order valence-electron chi connectivity index (χ4n) is 2.38. The Hall–Kier alpha value is -1.60. The van der Waals surface area contributed by atoms with Gasteiger partial charge in [-0.05, 0) is 12.8 Å². The maximum absolute atomic E-state index is 11.8. The number of carbonyl (C=O) groups excluding carboxylic acids is 1. The van der Waals surface area contributed by atoms with Crippen LogP contribution < -0.4 is 10.6 Å². The molecule has 1 aliphatic heterocycles. The van der Waals surface area contributed by atoms with Crippen LogP contribution in [0.4, 0.5) is 10.6 Å². The second-order valence-corrected chi connectivity index (χ2v) is 5.80. The molecule has 1 aliphatic rings. The highest BCUT2D eigenvalue weighted by molar-refractivity contribution is 5.88. The number of nitrogens with zero attached hydrogens (tertiary/aromatic N) is 2. The highest BCUT2D eigenvalue weighted by atomic mass is 16.5. The molecule has 0 unspecified atom stereocenters. The SMILES string of the molecule is Cc1cc(NC(=O)NC[C@H]2CN(CC(C)C)CCO2)no1. The number of amides is 2. The Morgan fingerprint density at radius 3 is 3.05 bits per heavy atom. The molecule has 1 saturated heterocycles. The first-order chi connectivity index (χ1) is 10.0. The lowest BCUT2D eigenvalue weighted by molar-refractivity contribution is -0.0288. The van der Waals surface area contributed by atoms with Gasteiger partial charge in [0.05, 0.1) is 12.7 Å². The molecule has 2 N–H and O–H groups in total. The Labute approximate surface area is 125 Å². The monoisotopic (exact) mass is 296 g/mol. The maximum atomic E-state index is 11.8. The highest BCUT2D eigenvalue weighted by Gasteiger charge is 2.21. The molecule has 118 valence electrons. The molecule has 0 radical (unpaired) electrons. The van der Waals surface area contributed by atoms with Gasteiger partial charge in [-0.25, -0.2) is 4.79 Å². The number of ether oxygens (including phenoxy) is 1. The molecule has 0 aromatic carbocycles. The number of morpholine rings is 1. The van der Waals surface area contributed by atoms with Crippen LogP contribution >= 0.6 is 0 Å². The number of urea groups is 1. The van der Waals surface area contributed by atoms with Crippen molar-refractivity contribution in [3.05, 3.63) is 11.8 Å². The third kappa shape index (κ3) is 5.35. The van der Waals surface area contributed by atoms with E-state index >= 15 is 0 Å². The Morgan fingerprint density at radius 1 is 1.57 bits per heavy atom. The van der Waals surface area contributed by atoms with Gasteiger partial charge in [0.1, 0.15) is 5.76 Å². The Bertz CT molecular complexity index is 461. The summed E-state index contributed by atoms with van der Waals surface area (Å²) in [6.07, 6.45) is 0.0299. The first-order valence-corrected chi connectivity index (χ1v) is 7.35. The van der Waals surface area contributed by atoms with Crippen molar-refractivity contribution in [1.82, 2.24) is 15.4 Å². The van der Waals surface area contributed by atoms with Crippen molar-refractivity contribution in [2.75, 3.05) is 38.1 Å². The lowest BCUT2D eigenvalue weighted by Gasteiger charge is -2.33. The zero-order valence-electron chi connectivity index (χ0n) is 12.9. The van der Waals surface area contributed by atoms with E-state index in [-0.39, 0.29) is 12.1 Å². The second kappa shape index (κ2) is 7.42. The summed E-state index contributed by atoms with van der Waals surface area (Å²) in [5.74, 6) is 1.71. The van der Waals surface area contributed by atoms with Gasteiger partial charge in [-0.15, -0.1) is 0 Å². The molecule has 2 heterocycles. The minimum absolute atomic E-state index is 0.0299. The molecule has 2 rings (SSSR count). The standard InChI is InChI=1S/C14H24N4O3/c1-10(2)8-18-4-5-20-12(9-18)7-15-14(19)16-13-6-11(3)21-17-13/h6,10,12H,4-5,7-9H2,1-3H3,(H2,15,16,17,19)/t12-/m0/s1. The summed E-state index contributed by atoms with van der Waals surface area (Å²) in [4.78, 5) is 14.1. The molecular formula is C14H24N4O3. The van der Waals surface area contributed by atoms with Crippen LogP contribution in [0, 0.1) is 12.8 Å². The van der Waals surface area contributed by atoms with Crippen molar-refractivity contribution < 1.29 is 14.1 Å². The number of carbonyl (C=O) groups is 1. The van der Waals surface area contributed by atoms with Crippen LogP contribution in [-0.2, 0) is 4.74 Å². The van der Waals surface area contributed by atoms with Crippen LogP contribution in [-0.4, -0.2) is 55.0 Å². The average molecular weight is 296 g/mol. The number of hydrogen-bond donors (Lipinski definition) is 2. The van der Waals surface area contributed by atoms with E-state index in [1.54, 1.807) is 13.0 Å². The lowest BCUT2D eigenvalue weighted by atomic mass is 10.2. The van der Waals surface area contributed by atoms with E-state index in [1.807, 2.05) is 0 Å². The van der Waals surface area contributed by atoms with E-state index in [9.17, 15) is 4.79 Å². The Balaban J connectivity index is 1.70. The molecule has 0 aliphatic carbocycles. The van der Waals surface area contributed by atoms with Gasteiger partial charge in [0.2, 0.25) is 0 Å². The topological polar surface area (TPSA) is 79.6 Å². The predicted octanol–water partition coefficient (Wildman–Crippen LogP) is 1.46. The summed E-state index contributed by atoms with van der Waals surface area (Å²) in [5, 5.41) is 9.13. The molecule has 1 fully saturated rings. The van der Waals surface area contributed by atoms with Crippen molar-refractivity contribution in [3.63, 3.8) is 0 Å².